The largest absolute Gasteiger partial charge is 0.480 e. The Bertz CT molecular complexity index is 905. The number of aliphatic carboxylic acids is 1. The Hall–Kier alpha value is -2.92. The van der Waals surface area contributed by atoms with Gasteiger partial charge < -0.3 is 10.4 Å². The fourth-order valence-electron chi connectivity index (χ4n) is 3.14. The zero-order chi connectivity index (χ0) is 19.9. The van der Waals surface area contributed by atoms with Gasteiger partial charge in [-0.3, -0.25) is 4.79 Å². The van der Waals surface area contributed by atoms with Gasteiger partial charge in [0, 0.05) is 10.9 Å². The molecule has 3 rings (SSSR count). The number of nitrogens with one attached hydrogen (secondary N) is 1. The Labute approximate surface area is 172 Å². The van der Waals surface area contributed by atoms with E-state index >= 15 is 0 Å². The monoisotopic (exact) mass is 437 g/mol. The van der Waals surface area contributed by atoms with Crippen LogP contribution in [0.3, 0.4) is 0 Å². The van der Waals surface area contributed by atoms with Crippen LogP contribution < -0.4 is 5.32 Å². The first-order chi connectivity index (χ1) is 13.5. The Morgan fingerprint density at radius 1 is 0.857 bits per heavy atom. The summed E-state index contributed by atoms with van der Waals surface area (Å²) in [5, 5.41) is 12.4. The van der Waals surface area contributed by atoms with Gasteiger partial charge in [-0.05, 0) is 28.8 Å². The molecule has 28 heavy (non-hydrogen) atoms. The van der Waals surface area contributed by atoms with Crippen molar-refractivity contribution in [1.29, 1.82) is 0 Å². The van der Waals surface area contributed by atoms with Crippen LogP contribution in [0.2, 0.25) is 0 Å². The second-order valence-corrected chi connectivity index (χ2v) is 7.40. The van der Waals surface area contributed by atoms with E-state index < -0.39 is 17.9 Å². The average Bonchev–Trinajstić information content (AvgIpc) is 2.69. The molecule has 4 nitrogen and oxygen atoms in total. The third kappa shape index (κ3) is 5.08. The SMILES string of the molecule is O=C(N[C@@H](Cc1cccc(Br)c1)C(=O)O)C(c1ccccc1)c1ccccc1. The second-order valence-electron chi connectivity index (χ2n) is 6.49. The predicted molar refractivity (Wildman–Crippen MR) is 112 cm³/mol. The predicted octanol–water partition coefficient (Wildman–Crippen LogP) is 4.39. The molecule has 1 amide bonds. The smallest absolute Gasteiger partial charge is 0.326 e. The maximum Gasteiger partial charge on any atom is 0.326 e. The second kappa shape index (κ2) is 9.33. The van der Waals surface area contributed by atoms with E-state index in [4.69, 9.17) is 0 Å². The molecule has 0 aliphatic heterocycles. The molecule has 0 aliphatic rings. The van der Waals surface area contributed by atoms with Gasteiger partial charge in [-0.25, -0.2) is 4.79 Å². The number of hydrogen-bond donors (Lipinski definition) is 2. The van der Waals surface area contributed by atoms with Crippen molar-refractivity contribution in [3.8, 4) is 0 Å². The fraction of sp³-hybridized carbons (Fsp3) is 0.130. The minimum atomic E-state index is -1.06. The van der Waals surface area contributed by atoms with E-state index in [2.05, 4.69) is 21.2 Å². The third-order valence-corrected chi connectivity index (χ3v) is 4.96. The summed E-state index contributed by atoms with van der Waals surface area (Å²) in [7, 11) is 0. The Morgan fingerprint density at radius 3 is 1.93 bits per heavy atom. The van der Waals surface area contributed by atoms with Crippen LogP contribution in [0.15, 0.2) is 89.4 Å². The van der Waals surface area contributed by atoms with Gasteiger partial charge in [0.25, 0.3) is 0 Å². The minimum absolute atomic E-state index is 0.205. The summed E-state index contributed by atoms with van der Waals surface area (Å²) in [6.07, 6.45) is 0.205. The number of carbonyl (C=O) groups excluding carboxylic acids is 1. The van der Waals surface area contributed by atoms with E-state index in [9.17, 15) is 14.7 Å². The van der Waals surface area contributed by atoms with Crippen LogP contribution in [0.4, 0.5) is 0 Å². The van der Waals surface area contributed by atoms with Crippen LogP contribution in [0.1, 0.15) is 22.6 Å². The van der Waals surface area contributed by atoms with Crippen molar-refractivity contribution >= 4 is 27.8 Å². The highest BCUT2D eigenvalue weighted by Crippen LogP contribution is 2.25. The van der Waals surface area contributed by atoms with Crippen molar-refractivity contribution in [3.05, 3.63) is 106 Å². The molecule has 0 spiro atoms. The molecule has 3 aromatic carbocycles. The van der Waals surface area contributed by atoms with Crippen molar-refractivity contribution in [2.45, 2.75) is 18.4 Å². The quantitative estimate of drug-likeness (QED) is 0.575. The Kier molecular flexibility index (Phi) is 6.61. The lowest BCUT2D eigenvalue weighted by Gasteiger charge is -2.21. The molecule has 1 atom stereocenters. The first kappa shape index (κ1) is 19.8. The summed E-state index contributed by atoms with van der Waals surface area (Å²) in [6.45, 7) is 0. The topological polar surface area (TPSA) is 66.4 Å². The van der Waals surface area contributed by atoms with E-state index in [1.807, 2.05) is 84.9 Å². The molecule has 0 heterocycles. The molecular weight excluding hydrogens is 418 g/mol. The number of halogens is 1. The lowest BCUT2D eigenvalue weighted by Crippen LogP contribution is -2.44. The Balaban J connectivity index is 1.86. The Morgan fingerprint density at radius 2 is 1.43 bits per heavy atom. The molecule has 0 unspecified atom stereocenters. The maximum atomic E-state index is 13.1. The molecule has 0 bridgehead atoms. The first-order valence-corrected chi connectivity index (χ1v) is 9.71. The van der Waals surface area contributed by atoms with Gasteiger partial charge in [0.2, 0.25) is 5.91 Å². The normalized spacial score (nSPS) is 11.8. The standard InChI is InChI=1S/C23H20BrNO3/c24-19-13-7-8-16(14-19)15-20(23(27)28)25-22(26)21(17-9-3-1-4-10-17)18-11-5-2-6-12-18/h1-14,20-21H,15H2,(H,25,26)(H,27,28)/t20-/m0/s1. The van der Waals surface area contributed by atoms with Crippen molar-refractivity contribution in [2.24, 2.45) is 0 Å². The molecule has 142 valence electrons. The zero-order valence-corrected chi connectivity index (χ0v) is 16.7. The molecule has 0 saturated carbocycles. The van der Waals surface area contributed by atoms with E-state index in [1.54, 1.807) is 0 Å². The number of carbonyl (C=O) groups is 2. The van der Waals surface area contributed by atoms with Crippen LogP contribution in [-0.4, -0.2) is 23.0 Å². The minimum Gasteiger partial charge on any atom is -0.480 e. The van der Waals surface area contributed by atoms with Gasteiger partial charge in [0.15, 0.2) is 0 Å². The van der Waals surface area contributed by atoms with E-state index in [0.29, 0.717) is 0 Å². The highest BCUT2D eigenvalue weighted by Gasteiger charge is 2.27. The summed E-state index contributed by atoms with van der Waals surface area (Å²) in [5.74, 6) is -1.97. The molecular formula is C23H20BrNO3. The summed E-state index contributed by atoms with van der Waals surface area (Å²) in [5.41, 5.74) is 2.47. The fourth-order valence-corrected chi connectivity index (χ4v) is 3.59. The molecule has 5 heteroatoms. The van der Waals surface area contributed by atoms with Gasteiger partial charge in [-0.1, -0.05) is 88.7 Å². The number of carboxylic acids is 1. The zero-order valence-electron chi connectivity index (χ0n) is 15.1. The number of rotatable bonds is 7. The van der Waals surface area contributed by atoms with Crippen molar-refractivity contribution < 1.29 is 14.7 Å². The molecule has 0 aromatic heterocycles. The summed E-state index contributed by atoms with van der Waals surface area (Å²) in [4.78, 5) is 24.9. The van der Waals surface area contributed by atoms with Crippen molar-refractivity contribution in [3.63, 3.8) is 0 Å². The lowest BCUT2D eigenvalue weighted by atomic mass is 9.90. The van der Waals surface area contributed by atoms with Gasteiger partial charge in [0.1, 0.15) is 6.04 Å². The van der Waals surface area contributed by atoms with E-state index in [1.165, 1.54) is 0 Å². The molecule has 3 aromatic rings. The molecule has 0 saturated heterocycles. The number of benzene rings is 3. The molecule has 2 N–H and O–H groups in total. The molecule has 0 aliphatic carbocycles. The molecule has 0 fully saturated rings. The first-order valence-electron chi connectivity index (χ1n) is 8.92. The van der Waals surface area contributed by atoms with Crippen molar-refractivity contribution in [2.75, 3.05) is 0 Å². The van der Waals surface area contributed by atoms with Crippen LogP contribution in [0, 0.1) is 0 Å². The summed E-state index contributed by atoms with van der Waals surface area (Å²) < 4.78 is 0.868. The number of hydrogen-bond acceptors (Lipinski definition) is 2. The summed E-state index contributed by atoms with van der Waals surface area (Å²) >= 11 is 3.39. The van der Waals surface area contributed by atoms with E-state index in [-0.39, 0.29) is 12.3 Å². The van der Waals surface area contributed by atoms with Crippen LogP contribution in [-0.2, 0) is 16.0 Å². The highest BCUT2D eigenvalue weighted by molar-refractivity contribution is 9.10. The van der Waals surface area contributed by atoms with Gasteiger partial charge in [-0.15, -0.1) is 0 Å². The van der Waals surface area contributed by atoms with Gasteiger partial charge in [-0.2, -0.15) is 0 Å². The van der Waals surface area contributed by atoms with Crippen molar-refractivity contribution in [1.82, 2.24) is 5.32 Å². The van der Waals surface area contributed by atoms with Crippen LogP contribution >= 0.6 is 15.9 Å². The van der Waals surface area contributed by atoms with Gasteiger partial charge >= 0.3 is 5.97 Å². The highest BCUT2D eigenvalue weighted by atomic mass is 79.9. The van der Waals surface area contributed by atoms with Crippen LogP contribution in [0.5, 0.6) is 0 Å². The number of amides is 1. The van der Waals surface area contributed by atoms with Crippen LogP contribution in [0.25, 0.3) is 0 Å². The van der Waals surface area contributed by atoms with E-state index in [0.717, 1.165) is 21.2 Å². The third-order valence-electron chi connectivity index (χ3n) is 4.47. The summed E-state index contributed by atoms with van der Waals surface area (Å²) in [6, 6.07) is 25.2. The lowest BCUT2D eigenvalue weighted by molar-refractivity contribution is -0.141. The maximum absolute atomic E-state index is 13.1. The van der Waals surface area contributed by atoms with Gasteiger partial charge in [0.05, 0.1) is 5.92 Å². The molecule has 0 radical (unpaired) electrons. The average molecular weight is 438 g/mol. The number of carboxylic acid groups (broad SMARTS) is 1.